The second kappa shape index (κ2) is 5.61. The third kappa shape index (κ3) is 2.83. The van der Waals surface area contributed by atoms with Crippen LogP contribution in [-0.2, 0) is 5.54 Å². The molecule has 0 spiro atoms. The van der Waals surface area contributed by atoms with E-state index in [1.54, 1.807) is 0 Å². The van der Waals surface area contributed by atoms with Gasteiger partial charge in [-0.15, -0.1) is 0 Å². The standard InChI is InChI=1S/C16H26N2O/c1-15(2)10-7-11-18(15)12-16(13-19,17-3)14-8-5-4-6-9-14/h4-6,8-9,17,19H,7,10-13H2,1-3H3. The van der Waals surface area contributed by atoms with Crippen molar-refractivity contribution in [3.05, 3.63) is 35.9 Å². The summed E-state index contributed by atoms with van der Waals surface area (Å²) >= 11 is 0. The van der Waals surface area contributed by atoms with Crippen LogP contribution in [0.5, 0.6) is 0 Å². The zero-order chi connectivity index (χ0) is 13.9. The van der Waals surface area contributed by atoms with Gasteiger partial charge in [-0.05, 0) is 45.8 Å². The van der Waals surface area contributed by atoms with Crippen molar-refractivity contribution in [3.8, 4) is 0 Å². The van der Waals surface area contributed by atoms with Gasteiger partial charge in [0.05, 0.1) is 12.1 Å². The van der Waals surface area contributed by atoms with Crippen molar-refractivity contribution in [3.63, 3.8) is 0 Å². The van der Waals surface area contributed by atoms with E-state index in [9.17, 15) is 5.11 Å². The average molecular weight is 262 g/mol. The van der Waals surface area contributed by atoms with E-state index in [0.29, 0.717) is 0 Å². The van der Waals surface area contributed by atoms with Gasteiger partial charge in [0.15, 0.2) is 0 Å². The monoisotopic (exact) mass is 262 g/mol. The summed E-state index contributed by atoms with van der Waals surface area (Å²) in [5, 5.41) is 13.3. The lowest BCUT2D eigenvalue weighted by Gasteiger charge is -2.41. The molecule has 19 heavy (non-hydrogen) atoms. The van der Waals surface area contributed by atoms with Gasteiger partial charge in [-0.25, -0.2) is 0 Å². The van der Waals surface area contributed by atoms with Gasteiger partial charge in [0, 0.05) is 12.1 Å². The molecule has 1 unspecified atom stereocenters. The van der Waals surface area contributed by atoms with Crippen LogP contribution >= 0.6 is 0 Å². The number of hydrogen-bond donors (Lipinski definition) is 2. The Labute approximate surface area is 116 Å². The molecule has 2 rings (SSSR count). The van der Waals surface area contributed by atoms with Crippen molar-refractivity contribution >= 4 is 0 Å². The lowest BCUT2D eigenvalue weighted by molar-refractivity contribution is 0.0789. The van der Waals surface area contributed by atoms with Gasteiger partial charge in [0.25, 0.3) is 0 Å². The number of likely N-dealkylation sites (tertiary alicyclic amines) is 1. The first-order valence-corrected chi connectivity index (χ1v) is 7.14. The highest BCUT2D eigenvalue weighted by Crippen LogP contribution is 2.32. The Hall–Kier alpha value is -0.900. The smallest absolute Gasteiger partial charge is 0.0795 e. The fourth-order valence-electron chi connectivity index (χ4n) is 3.07. The Balaban J connectivity index is 2.25. The summed E-state index contributed by atoms with van der Waals surface area (Å²) in [4.78, 5) is 2.49. The number of hydrogen-bond acceptors (Lipinski definition) is 3. The van der Waals surface area contributed by atoms with Gasteiger partial charge in [-0.1, -0.05) is 30.3 Å². The van der Waals surface area contributed by atoms with Gasteiger partial charge in [0.1, 0.15) is 0 Å². The average Bonchev–Trinajstić information content (AvgIpc) is 2.76. The molecule has 1 heterocycles. The summed E-state index contributed by atoms with van der Waals surface area (Å²) in [6.45, 7) is 6.66. The predicted octanol–water partition coefficient (Wildman–Crippen LogP) is 1.97. The molecular formula is C16H26N2O. The van der Waals surface area contributed by atoms with E-state index >= 15 is 0 Å². The number of likely N-dealkylation sites (N-methyl/N-ethyl adjacent to an activating group) is 1. The number of rotatable bonds is 5. The Kier molecular flexibility index (Phi) is 4.29. The largest absolute Gasteiger partial charge is 0.394 e. The van der Waals surface area contributed by atoms with Crippen LogP contribution < -0.4 is 5.32 Å². The van der Waals surface area contributed by atoms with Crippen LogP contribution in [0.15, 0.2) is 30.3 Å². The zero-order valence-electron chi connectivity index (χ0n) is 12.3. The van der Waals surface area contributed by atoms with Gasteiger partial charge in [0.2, 0.25) is 0 Å². The molecule has 0 saturated carbocycles. The van der Waals surface area contributed by atoms with Crippen LogP contribution in [0.25, 0.3) is 0 Å². The number of aliphatic hydroxyl groups excluding tert-OH is 1. The summed E-state index contributed by atoms with van der Waals surface area (Å²) in [7, 11) is 1.94. The lowest BCUT2D eigenvalue weighted by atomic mass is 9.88. The molecule has 3 heteroatoms. The molecule has 1 aromatic carbocycles. The summed E-state index contributed by atoms with van der Waals surface area (Å²) in [5.41, 5.74) is 1.01. The summed E-state index contributed by atoms with van der Waals surface area (Å²) in [5.74, 6) is 0. The third-order valence-corrected chi connectivity index (χ3v) is 4.61. The SMILES string of the molecule is CNC(CO)(CN1CCCC1(C)C)c1ccccc1. The molecular weight excluding hydrogens is 236 g/mol. The molecule has 1 aliphatic rings. The quantitative estimate of drug-likeness (QED) is 0.851. The maximum Gasteiger partial charge on any atom is 0.0795 e. The minimum Gasteiger partial charge on any atom is -0.394 e. The first-order chi connectivity index (χ1) is 9.04. The number of nitrogens with one attached hydrogen (secondary N) is 1. The van der Waals surface area contributed by atoms with Crippen molar-refractivity contribution in [1.29, 1.82) is 0 Å². The molecule has 0 aliphatic carbocycles. The van der Waals surface area contributed by atoms with Crippen molar-refractivity contribution in [1.82, 2.24) is 10.2 Å². The van der Waals surface area contributed by atoms with Crippen LogP contribution in [0.3, 0.4) is 0 Å². The second-order valence-corrected chi connectivity index (χ2v) is 6.19. The van der Waals surface area contributed by atoms with Crippen molar-refractivity contribution in [2.75, 3.05) is 26.7 Å². The second-order valence-electron chi connectivity index (χ2n) is 6.19. The molecule has 1 aliphatic heterocycles. The highest BCUT2D eigenvalue weighted by Gasteiger charge is 2.39. The number of nitrogens with zero attached hydrogens (tertiary/aromatic N) is 1. The molecule has 1 atom stereocenters. The maximum atomic E-state index is 9.97. The van der Waals surface area contributed by atoms with Crippen molar-refractivity contribution in [2.24, 2.45) is 0 Å². The van der Waals surface area contributed by atoms with Gasteiger partial charge in [-0.2, -0.15) is 0 Å². The van der Waals surface area contributed by atoms with Crippen LogP contribution in [0.2, 0.25) is 0 Å². The van der Waals surface area contributed by atoms with E-state index in [0.717, 1.165) is 18.7 Å². The predicted molar refractivity (Wildman–Crippen MR) is 79.2 cm³/mol. The van der Waals surface area contributed by atoms with E-state index in [4.69, 9.17) is 0 Å². The van der Waals surface area contributed by atoms with E-state index in [2.05, 4.69) is 36.2 Å². The highest BCUT2D eigenvalue weighted by atomic mass is 16.3. The normalized spacial score (nSPS) is 22.3. The maximum absolute atomic E-state index is 9.97. The molecule has 0 radical (unpaired) electrons. The Bertz CT molecular complexity index is 398. The number of benzene rings is 1. The summed E-state index contributed by atoms with van der Waals surface area (Å²) in [6, 6.07) is 10.3. The Morgan fingerprint density at radius 2 is 2.00 bits per heavy atom. The minimum absolute atomic E-state index is 0.111. The first-order valence-electron chi connectivity index (χ1n) is 7.14. The molecule has 0 amide bonds. The fourth-order valence-corrected chi connectivity index (χ4v) is 3.07. The van der Waals surface area contributed by atoms with Crippen LogP contribution in [0.4, 0.5) is 0 Å². The molecule has 1 fully saturated rings. The van der Waals surface area contributed by atoms with Crippen LogP contribution in [-0.4, -0.2) is 42.3 Å². The molecule has 0 bridgehead atoms. The van der Waals surface area contributed by atoms with Crippen molar-refractivity contribution < 1.29 is 5.11 Å². The topological polar surface area (TPSA) is 35.5 Å². The third-order valence-electron chi connectivity index (χ3n) is 4.61. The van der Waals surface area contributed by atoms with Gasteiger partial charge >= 0.3 is 0 Å². The summed E-state index contributed by atoms with van der Waals surface area (Å²) in [6.07, 6.45) is 2.47. The van der Waals surface area contributed by atoms with Crippen molar-refractivity contribution in [2.45, 2.75) is 37.8 Å². The molecule has 2 N–H and O–H groups in total. The zero-order valence-corrected chi connectivity index (χ0v) is 12.3. The van der Waals surface area contributed by atoms with Gasteiger partial charge < -0.3 is 10.4 Å². The fraction of sp³-hybridized carbons (Fsp3) is 0.625. The Morgan fingerprint density at radius 3 is 2.47 bits per heavy atom. The van der Waals surface area contributed by atoms with Gasteiger partial charge in [-0.3, -0.25) is 4.90 Å². The minimum atomic E-state index is -0.372. The van der Waals surface area contributed by atoms with Crippen LogP contribution in [0, 0.1) is 0 Å². The summed E-state index contributed by atoms with van der Waals surface area (Å²) < 4.78 is 0. The molecule has 0 aromatic heterocycles. The van der Waals surface area contributed by atoms with Crippen LogP contribution in [0.1, 0.15) is 32.3 Å². The van der Waals surface area contributed by atoms with E-state index < -0.39 is 0 Å². The Morgan fingerprint density at radius 1 is 1.32 bits per heavy atom. The number of aliphatic hydroxyl groups is 1. The van der Waals surface area contributed by atoms with E-state index in [-0.39, 0.29) is 17.7 Å². The first kappa shape index (κ1) is 14.5. The van der Waals surface area contributed by atoms with E-state index in [1.807, 2.05) is 25.2 Å². The lowest BCUT2D eigenvalue weighted by Crippen LogP contribution is -2.55. The van der Waals surface area contributed by atoms with E-state index in [1.165, 1.54) is 12.8 Å². The molecule has 106 valence electrons. The molecule has 1 aromatic rings. The highest BCUT2D eigenvalue weighted by molar-refractivity contribution is 5.25. The molecule has 3 nitrogen and oxygen atoms in total. The molecule has 1 saturated heterocycles.